The highest BCUT2D eigenvalue weighted by Gasteiger charge is 2.44. The molecule has 0 aliphatic carbocycles. The molecule has 0 saturated heterocycles. The van der Waals surface area contributed by atoms with Gasteiger partial charge in [-0.2, -0.15) is 4.31 Å². The number of rotatable bonds is 11. The third-order valence-electron chi connectivity index (χ3n) is 5.77. The minimum Gasteiger partial charge on any atom is -0.497 e. The van der Waals surface area contributed by atoms with Crippen molar-refractivity contribution in [2.75, 3.05) is 13.7 Å². The molecule has 1 aromatic heterocycles. The van der Waals surface area contributed by atoms with Crippen LogP contribution in [0.2, 0.25) is 0 Å². The average molecular weight is 511 g/mol. The zero-order valence-electron chi connectivity index (χ0n) is 21.3. The van der Waals surface area contributed by atoms with E-state index in [2.05, 4.69) is 4.98 Å². The standard InChI is InChI=1S/C28H34N2O5S/c1-28(2,3)26(27(31)35-21-23-11-6-5-7-12-23)30(18-10-14-22-13-9-17-29-20-22)36(32,33)25-16-8-15-24(19-25)34-4/h5-9,11-13,15-17,19-20,26H,10,14,18,21H2,1-4H3. The molecule has 0 fully saturated rings. The van der Waals surface area contributed by atoms with Gasteiger partial charge in [0.1, 0.15) is 18.4 Å². The van der Waals surface area contributed by atoms with Gasteiger partial charge in [0.25, 0.3) is 0 Å². The highest BCUT2D eigenvalue weighted by Crippen LogP contribution is 2.32. The Morgan fingerprint density at radius 2 is 1.72 bits per heavy atom. The summed E-state index contributed by atoms with van der Waals surface area (Å²) in [6.45, 7) is 5.73. The predicted molar refractivity (Wildman–Crippen MR) is 139 cm³/mol. The number of aryl methyl sites for hydroxylation is 1. The molecule has 7 nitrogen and oxygen atoms in total. The number of ether oxygens (including phenoxy) is 2. The Morgan fingerprint density at radius 1 is 1.00 bits per heavy atom. The first-order valence-corrected chi connectivity index (χ1v) is 13.3. The molecule has 192 valence electrons. The summed E-state index contributed by atoms with van der Waals surface area (Å²) in [5.41, 5.74) is 1.10. The maximum atomic E-state index is 14.0. The first kappa shape index (κ1) is 27.4. The van der Waals surface area contributed by atoms with Gasteiger partial charge < -0.3 is 9.47 Å². The van der Waals surface area contributed by atoms with Crippen molar-refractivity contribution in [1.29, 1.82) is 0 Å². The lowest BCUT2D eigenvalue weighted by molar-refractivity contribution is -0.153. The molecule has 0 radical (unpaired) electrons. The van der Waals surface area contributed by atoms with Crippen LogP contribution in [0.5, 0.6) is 5.75 Å². The molecule has 0 bridgehead atoms. The molecular formula is C28H34N2O5S. The molecule has 8 heteroatoms. The third kappa shape index (κ3) is 7.15. The van der Waals surface area contributed by atoms with Crippen LogP contribution in [-0.2, 0) is 32.6 Å². The molecule has 0 N–H and O–H groups in total. The number of pyridine rings is 1. The molecule has 0 amide bonds. The van der Waals surface area contributed by atoms with E-state index in [0.717, 1.165) is 11.1 Å². The number of sulfonamides is 1. The normalized spacial score (nSPS) is 12.8. The summed E-state index contributed by atoms with van der Waals surface area (Å²) in [6.07, 6.45) is 4.58. The number of benzene rings is 2. The van der Waals surface area contributed by atoms with Gasteiger partial charge in [0, 0.05) is 25.0 Å². The Kier molecular flexibility index (Phi) is 9.23. The van der Waals surface area contributed by atoms with E-state index < -0.39 is 27.4 Å². The molecule has 0 spiro atoms. The van der Waals surface area contributed by atoms with Crippen LogP contribution in [0.4, 0.5) is 0 Å². The molecule has 3 rings (SSSR count). The van der Waals surface area contributed by atoms with Gasteiger partial charge in [0.15, 0.2) is 0 Å². The van der Waals surface area contributed by atoms with Crippen molar-refractivity contribution >= 4 is 16.0 Å². The second kappa shape index (κ2) is 12.1. The van der Waals surface area contributed by atoms with Gasteiger partial charge in [0.05, 0.1) is 12.0 Å². The largest absolute Gasteiger partial charge is 0.497 e. The second-order valence-electron chi connectivity index (χ2n) is 9.62. The summed E-state index contributed by atoms with van der Waals surface area (Å²) in [6, 6.07) is 18.4. The maximum Gasteiger partial charge on any atom is 0.325 e. The molecule has 2 aromatic carbocycles. The summed E-state index contributed by atoms with van der Waals surface area (Å²) in [5, 5.41) is 0. The molecule has 0 saturated carbocycles. The average Bonchev–Trinajstić information content (AvgIpc) is 2.87. The summed E-state index contributed by atoms with van der Waals surface area (Å²) >= 11 is 0. The molecule has 0 aliphatic rings. The lowest BCUT2D eigenvalue weighted by Crippen LogP contribution is -2.53. The quantitative estimate of drug-likeness (QED) is 0.342. The van der Waals surface area contributed by atoms with Crippen molar-refractivity contribution in [2.45, 2.75) is 51.2 Å². The van der Waals surface area contributed by atoms with Crippen molar-refractivity contribution in [3.05, 3.63) is 90.3 Å². The highest BCUT2D eigenvalue weighted by atomic mass is 32.2. The van der Waals surface area contributed by atoms with Crippen molar-refractivity contribution in [3.8, 4) is 5.75 Å². The van der Waals surface area contributed by atoms with Gasteiger partial charge in [-0.25, -0.2) is 8.42 Å². The van der Waals surface area contributed by atoms with Crippen LogP contribution in [0, 0.1) is 5.41 Å². The fourth-order valence-electron chi connectivity index (χ4n) is 3.98. The SMILES string of the molecule is COc1cccc(S(=O)(=O)N(CCCc2cccnc2)C(C(=O)OCc2ccccc2)C(C)(C)C)c1. The number of hydrogen-bond donors (Lipinski definition) is 0. The Morgan fingerprint density at radius 3 is 2.36 bits per heavy atom. The molecule has 0 aliphatic heterocycles. The third-order valence-corrected chi connectivity index (χ3v) is 7.63. The Hall–Kier alpha value is -3.23. The summed E-state index contributed by atoms with van der Waals surface area (Å²) in [5.74, 6) is -0.162. The fraction of sp³-hybridized carbons (Fsp3) is 0.357. The maximum absolute atomic E-state index is 14.0. The van der Waals surface area contributed by atoms with E-state index in [1.54, 1.807) is 24.5 Å². The fourth-order valence-corrected chi connectivity index (χ4v) is 5.82. The topological polar surface area (TPSA) is 85.8 Å². The number of hydrogen-bond acceptors (Lipinski definition) is 6. The van der Waals surface area contributed by atoms with Crippen molar-refractivity contribution in [2.24, 2.45) is 5.41 Å². The number of nitrogens with zero attached hydrogens (tertiary/aromatic N) is 2. The molecule has 36 heavy (non-hydrogen) atoms. The van der Waals surface area contributed by atoms with Gasteiger partial charge in [-0.15, -0.1) is 0 Å². The van der Waals surface area contributed by atoms with Crippen molar-refractivity contribution in [1.82, 2.24) is 9.29 Å². The van der Waals surface area contributed by atoms with Crippen LogP contribution in [0.1, 0.15) is 38.3 Å². The smallest absolute Gasteiger partial charge is 0.325 e. The van der Waals surface area contributed by atoms with E-state index in [-0.39, 0.29) is 18.0 Å². The first-order valence-electron chi connectivity index (χ1n) is 11.9. The summed E-state index contributed by atoms with van der Waals surface area (Å²) in [7, 11) is -2.58. The van der Waals surface area contributed by atoms with E-state index in [4.69, 9.17) is 9.47 Å². The van der Waals surface area contributed by atoms with Gasteiger partial charge in [0.2, 0.25) is 10.0 Å². The molecular weight excluding hydrogens is 476 g/mol. The molecule has 1 unspecified atom stereocenters. The van der Waals surface area contributed by atoms with Gasteiger partial charge in [-0.3, -0.25) is 9.78 Å². The number of carbonyl (C=O) groups is 1. The number of carbonyl (C=O) groups excluding carboxylic acids is 1. The summed E-state index contributed by atoms with van der Waals surface area (Å²) in [4.78, 5) is 17.7. The predicted octanol–water partition coefficient (Wildman–Crippen LogP) is 4.87. The van der Waals surface area contributed by atoms with Crippen LogP contribution >= 0.6 is 0 Å². The van der Waals surface area contributed by atoms with Crippen LogP contribution in [0.15, 0.2) is 84.0 Å². The Labute approximate surface area is 214 Å². The van der Waals surface area contributed by atoms with Crippen LogP contribution in [0.3, 0.4) is 0 Å². The lowest BCUT2D eigenvalue weighted by atomic mass is 9.86. The van der Waals surface area contributed by atoms with E-state index in [1.807, 2.05) is 63.2 Å². The molecule has 1 heterocycles. The minimum atomic E-state index is -4.06. The van der Waals surface area contributed by atoms with Crippen LogP contribution in [0.25, 0.3) is 0 Å². The van der Waals surface area contributed by atoms with Crippen molar-refractivity contribution < 1.29 is 22.7 Å². The minimum absolute atomic E-state index is 0.0633. The summed E-state index contributed by atoms with van der Waals surface area (Å²) < 4.78 is 40.1. The number of aromatic nitrogens is 1. The number of esters is 1. The Bertz CT molecular complexity index is 1230. The highest BCUT2D eigenvalue weighted by molar-refractivity contribution is 7.89. The molecule has 1 atom stereocenters. The van der Waals surface area contributed by atoms with E-state index >= 15 is 0 Å². The van der Waals surface area contributed by atoms with E-state index in [0.29, 0.717) is 18.6 Å². The zero-order valence-corrected chi connectivity index (χ0v) is 22.1. The van der Waals surface area contributed by atoms with Gasteiger partial charge >= 0.3 is 5.97 Å². The first-order chi connectivity index (χ1) is 17.1. The zero-order chi connectivity index (χ0) is 26.2. The molecule has 3 aromatic rings. The van der Waals surface area contributed by atoms with Gasteiger partial charge in [-0.1, -0.05) is 63.2 Å². The Balaban J connectivity index is 1.94. The van der Waals surface area contributed by atoms with E-state index in [1.165, 1.54) is 23.5 Å². The van der Waals surface area contributed by atoms with E-state index in [9.17, 15) is 13.2 Å². The lowest BCUT2D eigenvalue weighted by Gasteiger charge is -2.37. The van der Waals surface area contributed by atoms with Crippen LogP contribution in [-0.4, -0.2) is 43.4 Å². The van der Waals surface area contributed by atoms with Crippen molar-refractivity contribution in [3.63, 3.8) is 0 Å². The second-order valence-corrected chi connectivity index (χ2v) is 11.5. The number of methoxy groups -OCH3 is 1. The van der Waals surface area contributed by atoms with Gasteiger partial charge in [-0.05, 0) is 47.6 Å². The monoisotopic (exact) mass is 510 g/mol. The van der Waals surface area contributed by atoms with Crippen LogP contribution < -0.4 is 4.74 Å².